The van der Waals surface area contributed by atoms with Gasteiger partial charge in [-0.1, -0.05) is 42.5 Å². The lowest BCUT2D eigenvalue weighted by Gasteiger charge is -2.49. The van der Waals surface area contributed by atoms with E-state index in [1.807, 2.05) is 23.1 Å². The number of aryl methyl sites for hydroxylation is 1. The molecule has 2 unspecified atom stereocenters. The maximum Gasteiger partial charge on any atom is 0.257 e. The Morgan fingerprint density at radius 2 is 1.94 bits per heavy atom. The van der Waals surface area contributed by atoms with Crippen molar-refractivity contribution in [2.45, 2.75) is 63.3 Å². The van der Waals surface area contributed by atoms with E-state index in [2.05, 4.69) is 37.3 Å². The predicted molar refractivity (Wildman–Crippen MR) is 123 cm³/mol. The molecule has 32 heavy (non-hydrogen) atoms. The van der Waals surface area contributed by atoms with Crippen molar-refractivity contribution in [1.29, 1.82) is 0 Å². The van der Waals surface area contributed by atoms with E-state index >= 15 is 0 Å². The Hall–Kier alpha value is -2.37. The van der Waals surface area contributed by atoms with Gasteiger partial charge in [-0.3, -0.25) is 4.79 Å². The number of rotatable bonds is 4. The fourth-order valence-corrected chi connectivity index (χ4v) is 5.54. The highest BCUT2D eigenvalue weighted by Gasteiger charge is 2.45. The fourth-order valence-electron chi connectivity index (χ4n) is 5.54. The molecule has 170 valence electrons. The molecular weight excluding hydrogens is 402 g/mol. The third-order valence-electron chi connectivity index (χ3n) is 7.17. The van der Waals surface area contributed by atoms with Gasteiger partial charge in [-0.15, -0.1) is 0 Å². The zero-order valence-electron chi connectivity index (χ0n) is 18.9. The van der Waals surface area contributed by atoms with Crippen molar-refractivity contribution in [3.8, 4) is 5.75 Å². The summed E-state index contributed by atoms with van der Waals surface area (Å²) in [5.74, 6) is 0.869. The molecule has 2 saturated heterocycles. The highest BCUT2D eigenvalue weighted by atomic mass is 16.5. The van der Waals surface area contributed by atoms with Gasteiger partial charge in [0.15, 0.2) is 0 Å². The van der Waals surface area contributed by atoms with Gasteiger partial charge in [0, 0.05) is 32.5 Å². The molecule has 3 aliphatic rings. The van der Waals surface area contributed by atoms with Crippen molar-refractivity contribution in [3.05, 3.63) is 65.2 Å². The third-order valence-corrected chi connectivity index (χ3v) is 7.17. The minimum absolute atomic E-state index is 0.0401. The summed E-state index contributed by atoms with van der Waals surface area (Å²) < 4.78 is 18.7. The molecule has 1 amide bonds. The van der Waals surface area contributed by atoms with Crippen molar-refractivity contribution in [2.24, 2.45) is 0 Å². The van der Waals surface area contributed by atoms with Gasteiger partial charge in [-0.2, -0.15) is 0 Å². The average Bonchev–Trinajstić information content (AvgIpc) is 2.84. The topological polar surface area (TPSA) is 48.0 Å². The van der Waals surface area contributed by atoms with Crippen LogP contribution in [0.4, 0.5) is 0 Å². The van der Waals surface area contributed by atoms with Crippen LogP contribution < -0.4 is 4.74 Å². The van der Waals surface area contributed by atoms with E-state index in [1.54, 1.807) is 0 Å². The number of ether oxygens (including phenoxy) is 3. The van der Waals surface area contributed by atoms with Crippen LogP contribution in [-0.4, -0.2) is 48.8 Å². The number of carbonyl (C=O) groups is 1. The smallest absolute Gasteiger partial charge is 0.257 e. The molecule has 0 saturated carbocycles. The zero-order chi connectivity index (χ0) is 22.0. The number of hydrogen-bond acceptors (Lipinski definition) is 4. The number of likely N-dealkylation sites (tertiary alicyclic amines) is 1. The normalized spacial score (nSPS) is 24.6. The quantitative estimate of drug-likeness (QED) is 0.682. The molecule has 5 nitrogen and oxygen atoms in total. The molecule has 0 N–H and O–H groups in total. The van der Waals surface area contributed by atoms with Gasteiger partial charge in [0.05, 0.1) is 30.0 Å². The SMILES string of the molecule is CCOC1CC(c2ccccc2)OC2(CCN(C(=O)c3cccc4c3OCCC4)CC2)C1. The van der Waals surface area contributed by atoms with Crippen LogP contribution in [0.2, 0.25) is 0 Å². The van der Waals surface area contributed by atoms with E-state index in [4.69, 9.17) is 14.2 Å². The zero-order valence-corrected chi connectivity index (χ0v) is 18.9. The van der Waals surface area contributed by atoms with E-state index in [0.29, 0.717) is 31.9 Å². The molecule has 2 fully saturated rings. The first-order valence-corrected chi connectivity index (χ1v) is 12.1. The summed E-state index contributed by atoms with van der Waals surface area (Å²) in [5.41, 5.74) is 2.83. The summed E-state index contributed by atoms with van der Waals surface area (Å²) in [6.45, 7) is 4.86. The lowest BCUT2D eigenvalue weighted by Crippen LogP contribution is -2.52. The van der Waals surface area contributed by atoms with Gasteiger partial charge in [-0.25, -0.2) is 0 Å². The molecule has 0 bridgehead atoms. The summed E-state index contributed by atoms with van der Waals surface area (Å²) in [6.07, 6.45) is 5.67. The molecule has 1 spiro atoms. The number of amides is 1. The Morgan fingerprint density at radius 3 is 2.72 bits per heavy atom. The highest BCUT2D eigenvalue weighted by Crippen LogP contribution is 2.44. The van der Waals surface area contributed by atoms with Crippen molar-refractivity contribution < 1.29 is 19.0 Å². The van der Waals surface area contributed by atoms with Crippen LogP contribution in [0.5, 0.6) is 5.75 Å². The molecule has 0 aromatic heterocycles. The lowest BCUT2D eigenvalue weighted by atomic mass is 9.80. The first kappa shape index (κ1) is 21.5. The third kappa shape index (κ3) is 4.28. The maximum absolute atomic E-state index is 13.4. The summed E-state index contributed by atoms with van der Waals surface area (Å²) in [7, 11) is 0. The summed E-state index contributed by atoms with van der Waals surface area (Å²) in [5, 5.41) is 0. The first-order chi connectivity index (χ1) is 15.7. The molecule has 2 aromatic carbocycles. The molecule has 0 radical (unpaired) electrons. The largest absolute Gasteiger partial charge is 0.492 e. The average molecular weight is 436 g/mol. The number of carbonyl (C=O) groups excluding carboxylic acids is 1. The van der Waals surface area contributed by atoms with Gasteiger partial charge in [0.1, 0.15) is 5.75 Å². The maximum atomic E-state index is 13.4. The van der Waals surface area contributed by atoms with E-state index in [9.17, 15) is 4.79 Å². The lowest BCUT2D eigenvalue weighted by molar-refractivity contribution is -0.190. The standard InChI is InChI=1S/C27H33NO4/c1-2-30-22-18-24(20-8-4-3-5-9-20)32-27(19-22)13-15-28(16-14-27)26(29)23-12-6-10-21-11-7-17-31-25(21)23/h3-6,8-10,12,22,24H,2,7,11,13-19H2,1H3. The summed E-state index contributed by atoms with van der Waals surface area (Å²) in [4.78, 5) is 15.4. The molecule has 0 aliphatic carbocycles. The number of fused-ring (bicyclic) bond motifs is 1. The predicted octanol–water partition coefficient (Wildman–Crippen LogP) is 4.94. The van der Waals surface area contributed by atoms with Crippen molar-refractivity contribution in [3.63, 3.8) is 0 Å². The molecule has 3 heterocycles. The molecule has 3 aliphatic heterocycles. The number of hydrogen-bond donors (Lipinski definition) is 0. The van der Waals surface area contributed by atoms with Crippen LogP contribution in [0.15, 0.2) is 48.5 Å². The van der Waals surface area contributed by atoms with Crippen molar-refractivity contribution in [1.82, 2.24) is 4.90 Å². The van der Waals surface area contributed by atoms with Gasteiger partial charge in [0.2, 0.25) is 0 Å². The van der Waals surface area contributed by atoms with Crippen LogP contribution in [0, 0.1) is 0 Å². The van der Waals surface area contributed by atoms with Crippen molar-refractivity contribution >= 4 is 5.91 Å². The fraction of sp³-hybridized carbons (Fsp3) is 0.519. The minimum Gasteiger partial charge on any atom is -0.492 e. The van der Waals surface area contributed by atoms with Gasteiger partial charge in [0.25, 0.3) is 5.91 Å². The number of piperidine rings is 1. The second kappa shape index (κ2) is 9.24. The van der Waals surface area contributed by atoms with Crippen LogP contribution >= 0.6 is 0 Å². The molecule has 2 atom stereocenters. The van der Waals surface area contributed by atoms with Crippen LogP contribution in [0.1, 0.15) is 66.6 Å². The van der Waals surface area contributed by atoms with Crippen LogP contribution in [0.3, 0.4) is 0 Å². The molecule has 5 rings (SSSR count). The second-order valence-electron chi connectivity index (χ2n) is 9.26. The van der Waals surface area contributed by atoms with Gasteiger partial charge in [-0.05, 0) is 49.8 Å². The second-order valence-corrected chi connectivity index (χ2v) is 9.26. The Bertz CT molecular complexity index is 936. The van der Waals surface area contributed by atoms with Crippen LogP contribution in [-0.2, 0) is 15.9 Å². The van der Waals surface area contributed by atoms with Crippen LogP contribution in [0.25, 0.3) is 0 Å². The van der Waals surface area contributed by atoms with E-state index in [0.717, 1.165) is 49.8 Å². The molecular formula is C27H33NO4. The molecule has 5 heteroatoms. The number of para-hydroxylation sites is 1. The van der Waals surface area contributed by atoms with E-state index in [-0.39, 0.29) is 23.7 Å². The molecule has 2 aromatic rings. The number of benzene rings is 2. The van der Waals surface area contributed by atoms with E-state index in [1.165, 1.54) is 5.56 Å². The Kier molecular flexibility index (Phi) is 6.20. The Balaban J connectivity index is 1.31. The number of nitrogens with zero attached hydrogens (tertiary/aromatic N) is 1. The highest BCUT2D eigenvalue weighted by molar-refractivity contribution is 5.97. The van der Waals surface area contributed by atoms with E-state index < -0.39 is 0 Å². The Morgan fingerprint density at radius 1 is 1.12 bits per heavy atom. The monoisotopic (exact) mass is 435 g/mol. The van der Waals surface area contributed by atoms with Crippen molar-refractivity contribution in [2.75, 3.05) is 26.3 Å². The minimum atomic E-state index is -0.234. The Labute approximate surface area is 190 Å². The van der Waals surface area contributed by atoms with Gasteiger partial charge < -0.3 is 19.1 Å². The first-order valence-electron chi connectivity index (χ1n) is 12.1. The summed E-state index contributed by atoms with van der Waals surface area (Å²) >= 11 is 0. The van der Waals surface area contributed by atoms with Gasteiger partial charge >= 0.3 is 0 Å². The summed E-state index contributed by atoms with van der Waals surface area (Å²) in [6, 6.07) is 16.4.